The topological polar surface area (TPSA) is 32.7 Å². The van der Waals surface area contributed by atoms with E-state index >= 15 is 0 Å². The van der Waals surface area contributed by atoms with Gasteiger partial charge in [0.15, 0.2) is 0 Å². The van der Waals surface area contributed by atoms with Crippen LogP contribution in [0.5, 0.6) is 0 Å². The fourth-order valence-electron chi connectivity index (χ4n) is 2.85. The van der Waals surface area contributed by atoms with Gasteiger partial charge in [0, 0.05) is 18.7 Å². The molecule has 2 unspecified atom stereocenters. The number of carbonyl (C=O) groups excluding carboxylic acids is 1. The standard InChI is InChI=1S/C13H14N2O/c1-8-11-7-9-5-3-4-6-10(9)12(11)13(16)15(2)14-8/h3-6,11-12H,7H2,1-2H3. The minimum absolute atomic E-state index is 0.00120. The van der Waals surface area contributed by atoms with Crippen LogP contribution in [0.3, 0.4) is 0 Å². The molecule has 1 aliphatic carbocycles. The lowest BCUT2D eigenvalue weighted by Crippen LogP contribution is -2.38. The van der Waals surface area contributed by atoms with Gasteiger partial charge in [0.25, 0.3) is 5.91 Å². The summed E-state index contributed by atoms with van der Waals surface area (Å²) >= 11 is 0. The van der Waals surface area contributed by atoms with E-state index in [9.17, 15) is 4.79 Å². The lowest BCUT2D eigenvalue weighted by Gasteiger charge is -2.28. The molecule has 3 nitrogen and oxygen atoms in total. The number of hydrogen-bond donors (Lipinski definition) is 0. The molecule has 0 aromatic heterocycles. The first-order chi connectivity index (χ1) is 7.68. The molecule has 1 aromatic carbocycles. The molecule has 0 radical (unpaired) electrons. The van der Waals surface area contributed by atoms with Crippen LogP contribution in [0.2, 0.25) is 0 Å². The quantitative estimate of drug-likeness (QED) is 0.648. The summed E-state index contributed by atoms with van der Waals surface area (Å²) < 4.78 is 0. The molecule has 0 fully saturated rings. The fourth-order valence-corrected chi connectivity index (χ4v) is 2.85. The largest absolute Gasteiger partial charge is 0.272 e. The van der Waals surface area contributed by atoms with Crippen LogP contribution in [0.1, 0.15) is 24.0 Å². The first-order valence-electron chi connectivity index (χ1n) is 5.59. The average Bonchev–Trinajstić information content (AvgIpc) is 2.66. The second-order valence-electron chi connectivity index (χ2n) is 4.59. The Morgan fingerprint density at radius 3 is 2.94 bits per heavy atom. The zero-order chi connectivity index (χ0) is 11.3. The van der Waals surface area contributed by atoms with E-state index in [2.05, 4.69) is 17.2 Å². The van der Waals surface area contributed by atoms with Gasteiger partial charge in [-0.05, 0) is 24.5 Å². The molecule has 16 heavy (non-hydrogen) atoms. The zero-order valence-electron chi connectivity index (χ0n) is 9.47. The van der Waals surface area contributed by atoms with Crippen LogP contribution in [0.4, 0.5) is 0 Å². The number of amides is 1. The van der Waals surface area contributed by atoms with Crippen molar-refractivity contribution in [1.29, 1.82) is 0 Å². The molecule has 1 heterocycles. The third-order valence-corrected chi connectivity index (χ3v) is 3.66. The highest BCUT2D eigenvalue weighted by Gasteiger charge is 2.42. The lowest BCUT2D eigenvalue weighted by atomic mass is 9.87. The minimum Gasteiger partial charge on any atom is -0.272 e. The molecule has 0 bridgehead atoms. The van der Waals surface area contributed by atoms with Crippen molar-refractivity contribution in [3.8, 4) is 0 Å². The molecule has 1 amide bonds. The number of fused-ring (bicyclic) bond motifs is 3. The summed E-state index contributed by atoms with van der Waals surface area (Å²) in [6.07, 6.45) is 0.954. The number of hydrogen-bond acceptors (Lipinski definition) is 2. The monoisotopic (exact) mass is 214 g/mol. The van der Waals surface area contributed by atoms with E-state index in [0.717, 1.165) is 12.1 Å². The number of benzene rings is 1. The van der Waals surface area contributed by atoms with Gasteiger partial charge < -0.3 is 0 Å². The molecule has 0 saturated carbocycles. The minimum atomic E-state index is -0.00120. The highest BCUT2D eigenvalue weighted by atomic mass is 16.2. The summed E-state index contributed by atoms with van der Waals surface area (Å²) in [5.41, 5.74) is 3.57. The van der Waals surface area contributed by atoms with Crippen molar-refractivity contribution >= 4 is 11.6 Å². The van der Waals surface area contributed by atoms with Crippen molar-refractivity contribution in [3.05, 3.63) is 35.4 Å². The van der Waals surface area contributed by atoms with Gasteiger partial charge >= 0.3 is 0 Å². The van der Waals surface area contributed by atoms with Crippen molar-refractivity contribution in [2.24, 2.45) is 11.0 Å². The van der Waals surface area contributed by atoms with Crippen LogP contribution in [0.15, 0.2) is 29.4 Å². The van der Waals surface area contributed by atoms with Gasteiger partial charge in [-0.2, -0.15) is 5.10 Å². The Morgan fingerprint density at radius 1 is 1.38 bits per heavy atom. The Morgan fingerprint density at radius 2 is 2.12 bits per heavy atom. The van der Waals surface area contributed by atoms with Crippen molar-refractivity contribution in [2.75, 3.05) is 7.05 Å². The molecule has 2 aliphatic rings. The van der Waals surface area contributed by atoms with Gasteiger partial charge in [0.1, 0.15) is 0 Å². The van der Waals surface area contributed by atoms with Crippen LogP contribution in [0.25, 0.3) is 0 Å². The first kappa shape index (κ1) is 9.58. The van der Waals surface area contributed by atoms with E-state index in [4.69, 9.17) is 0 Å². The smallest absolute Gasteiger partial charge is 0.250 e. The molecule has 1 aromatic rings. The van der Waals surface area contributed by atoms with Crippen LogP contribution in [-0.2, 0) is 11.2 Å². The van der Waals surface area contributed by atoms with Crippen LogP contribution in [-0.4, -0.2) is 23.7 Å². The highest BCUT2D eigenvalue weighted by Crippen LogP contribution is 2.41. The Balaban J connectivity index is 2.14. The second-order valence-corrected chi connectivity index (χ2v) is 4.59. The van der Waals surface area contributed by atoms with Crippen molar-refractivity contribution in [1.82, 2.24) is 5.01 Å². The van der Waals surface area contributed by atoms with Gasteiger partial charge in [0.2, 0.25) is 0 Å². The molecule has 1 aliphatic heterocycles. The third kappa shape index (κ3) is 1.14. The SMILES string of the molecule is CC1=NN(C)C(=O)C2c3ccccc3CC12. The predicted octanol–water partition coefficient (Wildman–Crippen LogP) is 1.79. The summed E-state index contributed by atoms with van der Waals surface area (Å²) in [4.78, 5) is 12.1. The molecule has 82 valence electrons. The lowest BCUT2D eigenvalue weighted by molar-refractivity contribution is -0.132. The molecular weight excluding hydrogens is 200 g/mol. The normalized spacial score (nSPS) is 27.5. The van der Waals surface area contributed by atoms with E-state index in [1.54, 1.807) is 7.05 Å². The van der Waals surface area contributed by atoms with Gasteiger partial charge in [0.05, 0.1) is 5.92 Å². The summed E-state index contributed by atoms with van der Waals surface area (Å²) in [6, 6.07) is 8.24. The molecule has 2 atom stereocenters. The van der Waals surface area contributed by atoms with E-state index in [-0.39, 0.29) is 17.7 Å². The number of nitrogens with zero attached hydrogens (tertiary/aromatic N) is 2. The Bertz CT molecular complexity index is 492. The molecule has 3 rings (SSSR count). The van der Waals surface area contributed by atoms with Gasteiger partial charge in [-0.25, -0.2) is 5.01 Å². The molecule has 3 heteroatoms. The zero-order valence-corrected chi connectivity index (χ0v) is 9.47. The van der Waals surface area contributed by atoms with Gasteiger partial charge in [-0.3, -0.25) is 4.79 Å². The molecule has 0 N–H and O–H groups in total. The summed E-state index contributed by atoms with van der Waals surface area (Å²) in [5.74, 6) is 0.403. The van der Waals surface area contributed by atoms with Gasteiger partial charge in [-0.1, -0.05) is 24.3 Å². The predicted molar refractivity (Wildman–Crippen MR) is 62.3 cm³/mol. The van der Waals surface area contributed by atoms with Gasteiger partial charge in [-0.15, -0.1) is 0 Å². The van der Waals surface area contributed by atoms with Crippen LogP contribution < -0.4 is 0 Å². The summed E-state index contributed by atoms with van der Waals surface area (Å²) in [5, 5.41) is 5.77. The van der Waals surface area contributed by atoms with Crippen LogP contribution >= 0.6 is 0 Å². The van der Waals surface area contributed by atoms with E-state index in [1.165, 1.54) is 16.1 Å². The molecular formula is C13H14N2O. The Hall–Kier alpha value is -1.64. The second kappa shape index (κ2) is 3.17. The maximum Gasteiger partial charge on any atom is 0.250 e. The maximum atomic E-state index is 12.1. The third-order valence-electron chi connectivity index (χ3n) is 3.66. The Kier molecular flexibility index (Phi) is 1.90. The van der Waals surface area contributed by atoms with Crippen LogP contribution in [0, 0.1) is 5.92 Å². The number of rotatable bonds is 0. The van der Waals surface area contributed by atoms with Crippen molar-refractivity contribution < 1.29 is 4.79 Å². The maximum absolute atomic E-state index is 12.1. The van der Waals surface area contributed by atoms with E-state index < -0.39 is 0 Å². The number of carbonyl (C=O) groups is 1. The molecule has 0 saturated heterocycles. The number of likely N-dealkylation sites (N-methyl/N-ethyl adjacent to an activating group) is 1. The van der Waals surface area contributed by atoms with Crippen molar-refractivity contribution in [2.45, 2.75) is 19.3 Å². The van der Waals surface area contributed by atoms with E-state index in [1.807, 2.05) is 19.1 Å². The summed E-state index contributed by atoms with van der Waals surface area (Å²) in [7, 11) is 1.74. The average molecular weight is 214 g/mol. The fraction of sp³-hybridized carbons (Fsp3) is 0.385. The van der Waals surface area contributed by atoms with Crippen molar-refractivity contribution in [3.63, 3.8) is 0 Å². The van der Waals surface area contributed by atoms with E-state index in [0.29, 0.717) is 0 Å². The number of hydrazone groups is 1. The Labute approximate surface area is 94.8 Å². The molecule has 0 spiro atoms. The first-order valence-corrected chi connectivity index (χ1v) is 5.59. The highest BCUT2D eigenvalue weighted by molar-refractivity contribution is 5.98. The summed E-state index contributed by atoms with van der Waals surface area (Å²) in [6.45, 7) is 2.02.